The zero-order valence-corrected chi connectivity index (χ0v) is 12.0. The molecular weight excluding hydrogens is 254 g/mol. The fraction of sp³-hybridized carbons (Fsp3) is 0.333. The number of rotatable bonds is 5. The number of benzene rings is 1. The molecule has 1 aromatic carbocycles. The van der Waals surface area contributed by atoms with Gasteiger partial charge in [-0.1, -0.05) is 5.16 Å². The molecule has 0 atom stereocenters. The fourth-order valence-electron chi connectivity index (χ4n) is 1.97. The van der Waals surface area contributed by atoms with Crippen LogP contribution in [-0.2, 0) is 6.54 Å². The van der Waals surface area contributed by atoms with Crippen LogP contribution in [0.5, 0.6) is 0 Å². The molecule has 1 amide bonds. The van der Waals surface area contributed by atoms with Crippen LogP contribution in [-0.4, -0.2) is 17.6 Å². The number of aryl methyl sites for hydroxylation is 2. The summed E-state index contributed by atoms with van der Waals surface area (Å²) in [6.07, 6.45) is 0. The second-order valence-electron chi connectivity index (χ2n) is 4.67. The van der Waals surface area contributed by atoms with Gasteiger partial charge in [-0.15, -0.1) is 0 Å². The van der Waals surface area contributed by atoms with Crippen LogP contribution in [0.1, 0.15) is 34.3 Å². The van der Waals surface area contributed by atoms with Gasteiger partial charge >= 0.3 is 0 Å². The van der Waals surface area contributed by atoms with Crippen LogP contribution in [0.3, 0.4) is 0 Å². The summed E-state index contributed by atoms with van der Waals surface area (Å²) in [7, 11) is 0. The SMILES string of the molecule is CCNc1ccc(C(=O)NCc2cc(C)on2)cc1C. The third-order valence-corrected chi connectivity index (χ3v) is 2.96. The molecule has 2 N–H and O–H groups in total. The lowest BCUT2D eigenvalue weighted by atomic mass is 10.1. The Labute approximate surface area is 118 Å². The van der Waals surface area contributed by atoms with Gasteiger partial charge in [0.25, 0.3) is 5.91 Å². The summed E-state index contributed by atoms with van der Waals surface area (Å²) >= 11 is 0. The molecule has 0 bridgehead atoms. The first-order valence-corrected chi connectivity index (χ1v) is 6.65. The van der Waals surface area contributed by atoms with Crippen molar-refractivity contribution in [1.82, 2.24) is 10.5 Å². The van der Waals surface area contributed by atoms with Gasteiger partial charge in [-0.2, -0.15) is 0 Å². The van der Waals surface area contributed by atoms with Gasteiger partial charge in [0.2, 0.25) is 0 Å². The Bertz CT molecular complexity index is 605. The van der Waals surface area contributed by atoms with Crippen molar-refractivity contribution in [3.63, 3.8) is 0 Å². The fourth-order valence-corrected chi connectivity index (χ4v) is 1.97. The van der Waals surface area contributed by atoms with Crippen LogP contribution in [0.4, 0.5) is 5.69 Å². The van der Waals surface area contributed by atoms with Crippen molar-refractivity contribution >= 4 is 11.6 Å². The summed E-state index contributed by atoms with van der Waals surface area (Å²) in [6, 6.07) is 7.42. The number of hydrogen-bond acceptors (Lipinski definition) is 4. The van der Waals surface area contributed by atoms with Gasteiger partial charge in [-0.3, -0.25) is 4.79 Å². The van der Waals surface area contributed by atoms with Crippen molar-refractivity contribution in [3.05, 3.63) is 46.8 Å². The monoisotopic (exact) mass is 273 g/mol. The number of carbonyl (C=O) groups is 1. The van der Waals surface area contributed by atoms with Crippen LogP contribution in [0.25, 0.3) is 0 Å². The smallest absolute Gasteiger partial charge is 0.251 e. The predicted molar refractivity (Wildman–Crippen MR) is 77.8 cm³/mol. The second-order valence-corrected chi connectivity index (χ2v) is 4.67. The van der Waals surface area contributed by atoms with E-state index in [4.69, 9.17) is 4.52 Å². The molecule has 0 aliphatic heterocycles. The molecule has 0 fully saturated rings. The first kappa shape index (κ1) is 14.1. The summed E-state index contributed by atoms with van der Waals surface area (Å²) in [5, 5.41) is 9.91. The van der Waals surface area contributed by atoms with Gasteiger partial charge < -0.3 is 15.2 Å². The molecule has 0 aliphatic carbocycles. The lowest BCUT2D eigenvalue weighted by molar-refractivity contribution is 0.0950. The van der Waals surface area contributed by atoms with Crippen LogP contribution in [0, 0.1) is 13.8 Å². The number of aromatic nitrogens is 1. The Morgan fingerprint density at radius 1 is 1.30 bits per heavy atom. The van der Waals surface area contributed by atoms with Crippen LogP contribution in [0.2, 0.25) is 0 Å². The van der Waals surface area contributed by atoms with Crippen molar-refractivity contribution in [1.29, 1.82) is 0 Å². The van der Waals surface area contributed by atoms with Crippen LogP contribution in [0.15, 0.2) is 28.8 Å². The standard InChI is InChI=1S/C15H19N3O2/c1-4-16-14-6-5-12(7-10(14)2)15(19)17-9-13-8-11(3)20-18-13/h5-8,16H,4,9H2,1-3H3,(H,17,19). The molecule has 0 aliphatic rings. The highest BCUT2D eigenvalue weighted by Crippen LogP contribution is 2.16. The molecule has 0 spiro atoms. The zero-order chi connectivity index (χ0) is 14.5. The minimum atomic E-state index is -0.114. The topological polar surface area (TPSA) is 67.2 Å². The number of carbonyl (C=O) groups excluding carboxylic acids is 1. The molecule has 0 saturated carbocycles. The van der Waals surface area contributed by atoms with Gasteiger partial charge in [0.15, 0.2) is 0 Å². The van der Waals surface area contributed by atoms with Crippen LogP contribution < -0.4 is 10.6 Å². The molecule has 5 nitrogen and oxygen atoms in total. The third-order valence-electron chi connectivity index (χ3n) is 2.96. The lowest BCUT2D eigenvalue weighted by Crippen LogP contribution is -2.23. The minimum absolute atomic E-state index is 0.114. The van der Waals surface area contributed by atoms with E-state index in [0.717, 1.165) is 29.2 Å². The van der Waals surface area contributed by atoms with Crippen molar-refractivity contribution in [2.45, 2.75) is 27.3 Å². The third kappa shape index (κ3) is 3.38. The summed E-state index contributed by atoms with van der Waals surface area (Å²) in [5.74, 6) is 0.622. The van der Waals surface area contributed by atoms with Crippen LogP contribution >= 0.6 is 0 Å². The van der Waals surface area contributed by atoms with E-state index >= 15 is 0 Å². The van der Waals surface area contributed by atoms with E-state index in [1.807, 2.05) is 39.0 Å². The van der Waals surface area contributed by atoms with Crippen molar-refractivity contribution in [3.8, 4) is 0 Å². The zero-order valence-electron chi connectivity index (χ0n) is 12.0. The molecule has 106 valence electrons. The highest BCUT2D eigenvalue weighted by atomic mass is 16.5. The minimum Gasteiger partial charge on any atom is -0.385 e. The van der Waals surface area contributed by atoms with E-state index in [-0.39, 0.29) is 5.91 Å². The van der Waals surface area contributed by atoms with Gasteiger partial charge in [0.1, 0.15) is 11.5 Å². The van der Waals surface area contributed by atoms with Gasteiger partial charge in [-0.25, -0.2) is 0 Å². The number of nitrogens with zero attached hydrogens (tertiary/aromatic N) is 1. The van der Waals surface area contributed by atoms with E-state index in [1.165, 1.54) is 0 Å². The quantitative estimate of drug-likeness (QED) is 0.879. The molecule has 2 aromatic rings. The van der Waals surface area contributed by atoms with Crippen molar-refractivity contribution in [2.24, 2.45) is 0 Å². The van der Waals surface area contributed by atoms with Crippen molar-refractivity contribution in [2.75, 3.05) is 11.9 Å². The summed E-state index contributed by atoms with van der Waals surface area (Å²) in [5.41, 5.74) is 3.47. The molecule has 0 unspecified atom stereocenters. The number of anilines is 1. The van der Waals surface area contributed by atoms with E-state index in [2.05, 4.69) is 15.8 Å². The van der Waals surface area contributed by atoms with Crippen molar-refractivity contribution < 1.29 is 9.32 Å². The number of nitrogens with one attached hydrogen (secondary N) is 2. The molecule has 5 heteroatoms. The molecule has 2 rings (SSSR count). The largest absolute Gasteiger partial charge is 0.385 e. The molecule has 1 heterocycles. The Balaban J connectivity index is 2.00. The first-order chi connectivity index (χ1) is 9.60. The maximum atomic E-state index is 12.1. The Morgan fingerprint density at radius 3 is 2.70 bits per heavy atom. The Morgan fingerprint density at radius 2 is 2.10 bits per heavy atom. The molecule has 20 heavy (non-hydrogen) atoms. The molecule has 0 radical (unpaired) electrons. The number of hydrogen-bond donors (Lipinski definition) is 2. The number of amides is 1. The lowest BCUT2D eigenvalue weighted by Gasteiger charge is -2.09. The normalized spacial score (nSPS) is 10.3. The Hall–Kier alpha value is -2.30. The summed E-state index contributed by atoms with van der Waals surface area (Å²) in [4.78, 5) is 12.1. The Kier molecular flexibility index (Phi) is 4.40. The van der Waals surface area contributed by atoms with E-state index in [1.54, 1.807) is 6.07 Å². The van der Waals surface area contributed by atoms with E-state index in [9.17, 15) is 4.79 Å². The second kappa shape index (κ2) is 6.23. The highest BCUT2D eigenvalue weighted by molar-refractivity contribution is 5.94. The maximum absolute atomic E-state index is 12.1. The van der Waals surface area contributed by atoms with E-state index in [0.29, 0.717) is 12.1 Å². The first-order valence-electron chi connectivity index (χ1n) is 6.65. The summed E-state index contributed by atoms with van der Waals surface area (Å²) < 4.78 is 4.95. The van der Waals surface area contributed by atoms with Gasteiger partial charge in [0, 0.05) is 23.9 Å². The molecule has 0 saturated heterocycles. The summed E-state index contributed by atoms with van der Waals surface area (Å²) in [6.45, 7) is 7.07. The predicted octanol–water partition coefficient (Wildman–Crippen LogP) is 2.65. The van der Waals surface area contributed by atoms with Gasteiger partial charge in [-0.05, 0) is 44.5 Å². The maximum Gasteiger partial charge on any atom is 0.251 e. The molecular formula is C15H19N3O2. The molecule has 1 aromatic heterocycles. The highest BCUT2D eigenvalue weighted by Gasteiger charge is 2.08. The van der Waals surface area contributed by atoms with E-state index < -0.39 is 0 Å². The average molecular weight is 273 g/mol. The van der Waals surface area contributed by atoms with Gasteiger partial charge in [0.05, 0.1) is 6.54 Å². The average Bonchev–Trinajstić information content (AvgIpc) is 2.84.